The smallest absolute Gasteiger partial charge is 0.290 e. The highest BCUT2D eigenvalue weighted by Crippen LogP contribution is 2.39. The highest BCUT2D eigenvalue weighted by molar-refractivity contribution is 7.08. The van der Waals surface area contributed by atoms with E-state index in [1.165, 1.54) is 6.07 Å². The molecule has 1 aliphatic rings. The van der Waals surface area contributed by atoms with Gasteiger partial charge in [-0.1, -0.05) is 12.1 Å². The van der Waals surface area contributed by atoms with E-state index in [1.807, 2.05) is 24.4 Å². The topological polar surface area (TPSA) is 106 Å². The van der Waals surface area contributed by atoms with Crippen molar-refractivity contribution in [3.63, 3.8) is 0 Å². The Bertz CT molecular complexity index is 887. The molecule has 1 amide bonds. The zero-order chi connectivity index (χ0) is 23.5. The van der Waals surface area contributed by atoms with Gasteiger partial charge in [-0.15, -0.1) is 0 Å². The van der Waals surface area contributed by atoms with Crippen LogP contribution in [0.3, 0.4) is 0 Å². The molecular formula is C24H31NO7S. The molecule has 0 fully saturated rings. The lowest BCUT2D eigenvalue weighted by molar-refractivity contribution is -0.166. The maximum atomic E-state index is 13.0. The molecular weight excluding hydrogens is 446 g/mol. The minimum absolute atomic E-state index is 0.0100. The van der Waals surface area contributed by atoms with Gasteiger partial charge in [0.2, 0.25) is 6.29 Å². The number of carbonyl (C=O) groups excluding carboxylic acids is 1. The average Bonchev–Trinajstić information content (AvgIpc) is 3.35. The van der Waals surface area contributed by atoms with Crippen molar-refractivity contribution in [3.05, 3.63) is 58.5 Å². The van der Waals surface area contributed by atoms with E-state index in [0.717, 1.165) is 5.56 Å². The second-order valence-corrected chi connectivity index (χ2v) is 8.21. The standard InChI is InChI=1S/C24H31NO7S/c1-2-31-24-18(7-10-29-12-13-30-11-9-26)19(17-8-14-33-16-17)15-22(32-24)23(28)25-20-5-3-4-6-21(20)27/h3-6,8,14-16,18-19,24,26-27H,2,7,9-13H2,1H3,(H,25,28)/t18-,19+,24+/m1/s1. The van der Waals surface area contributed by atoms with Crippen LogP contribution in [-0.4, -0.2) is 62.1 Å². The van der Waals surface area contributed by atoms with Crippen molar-refractivity contribution < 1.29 is 34.0 Å². The van der Waals surface area contributed by atoms with Crippen molar-refractivity contribution in [2.45, 2.75) is 25.6 Å². The molecule has 3 atom stereocenters. The number of nitrogens with one attached hydrogen (secondary N) is 1. The van der Waals surface area contributed by atoms with Gasteiger partial charge >= 0.3 is 0 Å². The molecule has 0 radical (unpaired) electrons. The molecule has 33 heavy (non-hydrogen) atoms. The Morgan fingerprint density at radius 3 is 2.64 bits per heavy atom. The van der Waals surface area contributed by atoms with Crippen LogP contribution in [0.25, 0.3) is 0 Å². The largest absolute Gasteiger partial charge is 0.506 e. The van der Waals surface area contributed by atoms with Crippen molar-refractivity contribution in [3.8, 4) is 5.75 Å². The van der Waals surface area contributed by atoms with Crippen LogP contribution < -0.4 is 5.32 Å². The number of carbonyl (C=O) groups is 1. The molecule has 2 aromatic rings. The van der Waals surface area contributed by atoms with Gasteiger partial charge in [0.05, 0.1) is 32.1 Å². The van der Waals surface area contributed by atoms with Gasteiger partial charge in [0, 0.05) is 25.0 Å². The van der Waals surface area contributed by atoms with Gasteiger partial charge in [0.15, 0.2) is 5.76 Å². The Labute approximate surface area is 197 Å². The van der Waals surface area contributed by atoms with Gasteiger partial charge in [-0.3, -0.25) is 4.79 Å². The Kier molecular flexibility index (Phi) is 10.2. The van der Waals surface area contributed by atoms with Gasteiger partial charge in [-0.2, -0.15) is 11.3 Å². The zero-order valence-corrected chi connectivity index (χ0v) is 19.5. The maximum absolute atomic E-state index is 13.0. The molecule has 180 valence electrons. The van der Waals surface area contributed by atoms with E-state index >= 15 is 0 Å². The highest BCUT2D eigenvalue weighted by atomic mass is 32.1. The molecule has 0 saturated carbocycles. The van der Waals surface area contributed by atoms with Crippen LogP contribution in [0, 0.1) is 5.92 Å². The summed E-state index contributed by atoms with van der Waals surface area (Å²) in [6.07, 6.45) is 1.86. The van der Waals surface area contributed by atoms with E-state index in [9.17, 15) is 9.90 Å². The number of aliphatic hydroxyl groups excluding tert-OH is 1. The van der Waals surface area contributed by atoms with Gasteiger partial charge in [-0.25, -0.2) is 0 Å². The van der Waals surface area contributed by atoms with E-state index in [0.29, 0.717) is 45.1 Å². The van der Waals surface area contributed by atoms with Gasteiger partial charge in [0.25, 0.3) is 5.91 Å². The molecule has 1 aromatic heterocycles. The first kappa shape index (κ1) is 25.2. The number of aromatic hydroxyl groups is 1. The first-order chi connectivity index (χ1) is 16.1. The number of hydrogen-bond acceptors (Lipinski definition) is 8. The molecule has 0 unspecified atom stereocenters. The molecule has 1 aromatic carbocycles. The molecule has 0 aliphatic carbocycles. The van der Waals surface area contributed by atoms with Crippen molar-refractivity contribution in [2.75, 3.05) is 45.0 Å². The predicted molar refractivity (Wildman–Crippen MR) is 125 cm³/mol. The third-order valence-electron chi connectivity index (χ3n) is 5.22. The predicted octanol–water partition coefficient (Wildman–Crippen LogP) is 3.48. The molecule has 0 spiro atoms. The molecule has 2 heterocycles. The van der Waals surface area contributed by atoms with E-state index in [-0.39, 0.29) is 30.0 Å². The highest BCUT2D eigenvalue weighted by Gasteiger charge is 2.38. The minimum atomic E-state index is -0.621. The van der Waals surface area contributed by atoms with Crippen LogP contribution in [0.5, 0.6) is 5.75 Å². The van der Waals surface area contributed by atoms with E-state index in [2.05, 4.69) is 10.7 Å². The van der Waals surface area contributed by atoms with E-state index in [1.54, 1.807) is 29.5 Å². The fourth-order valence-corrected chi connectivity index (χ4v) is 4.36. The number of benzene rings is 1. The van der Waals surface area contributed by atoms with Gasteiger partial charge in [-0.05, 0) is 53.9 Å². The molecule has 1 aliphatic heterocycles. The Morgan fingerprint density at radius 1 is 1.15 bits per heavy atom. The first-order valence-electron chi connectivity index (χ1n) is 11.0. The number of anilines is 1. The van der Waals surface area contributed by atoms with E-state index in [4.69, 9.17) is 24.1 Å². The summed E-state index contributed by atoms with van der Waals surface area (Å²) >= 11 is 1.59. The van der Waals surface area contributed by atoms with Crippen molar-refractivity contribution in [1.82, 2.24) is 0 Å². The Morgan fingerprint density at radius 2 is 1.94 bits per heavy atom. The van der Waals surface area contributed by atoms with Crippen molar-refractivity contribution >= 4 is 22.9 Å². The lowest BCUT2D eigenvalue weighted by atomic mass is 9.82. The molecule has 8 nitrogen and oxygen atoms in total. The van der Waals surface area contributed by atoms with Crippen LogP contribution in [0.4, 0.5) is 5.69 Å². The minimum Gasteiger partial charge on any atom is -0.506 e. The fraction of sp³-hybridized carbons (Fsp3) is 0.458. The summed E-state index contributed by atoms with van der Waals surface area (Å²) in [5.74, 6) is -0.462. The van der Waals surface area contributed by atoms with Crippen LogP contribution in [0.15, 0.2) is 52.9 Å². The van der Waals surface area contributed by atoms with Crippen LogP contribution in [0.1, 0.15) is 24.8 Å². The number of amides is 1. The average molecular weight is 478 g/mol. The summed E-state index contributed by atoms with van der Waals surface area (Å²) < 4.78 is 22.8. The number of allylic oxidation sites excluding steroid dienone is 1. The van der Waals surface area contributed by atoms with Gasteiger partial charge < -0.3 is 34.5 Å². The number of hydrogen-bond donors (Lipinski definition) is 3. The monoisotopic (exact) mass is 477 g/mol. The van der Waals surface area contributed by atoms with Crippen LogP contribution in [0.2, 0.25) is 0 Å². The number of para-hydroxylation sites is 2. The molecule has 3 rings (SSSR count). The quantitative estimate of drug-likeness (QED) is 0.300. The number of aliphatic hydroxyl groups is 1. The number of phenolic OH excluding ortho intramolecular Hbond substituents is 1. The number of ether oxygens (including phenoxy) is 4. The summed E-state index contributed by atoms with van der Waals surface area (Å²) in [5.41, 5.74) is 1.39. The lowest BCUT2D eigenvalue weighted by Crippen LogP contribution is -2.38. The SMILES string of the molecule is CCO[C@H]1OC(C(=O)Nc2ccccc2O)=C[C@@H](c2ccsc2)[C@H]1CCOCCOCCO. The third kappa shape index (κ3) is 7.28. The van der Waals surface area contributed by atoms with Gasteiger partial charge in [0.1, 0.15) is 5.75 Å². The van der Waals surface area contributed by atoms with Crippen LogP contribution in [-0.2, 0) is 23.7 Å². The van der Waals surface area contributed by atoms with Crippen LogP contribution >= 0.6 is 11.3 Å². The Balaban J connectivity index is 1.73. The number of thiophene rings is 1. The number of phenols is 1. The first-order valence-corrected chi connectivity index (χ1v) is 12.0. The lowest BCUT2D eigenvalue weighted by Gasteiger charge is -2.36. The maximum Gasteiger partial charge on any atom is 0.290 e. The summed E-state index contributed by atoms with van der Waals surface area (Å²) in [7, 11) is 0. The van der Waals surface area contributed by atoms with Crippen molar-refractivity contribution in [1.29, 1.82) is 0 Å². The summed E-state index contributed by atoms with van der Waals surface area (Å²) in [5, 5.41) is 25.5. The second kappa shape index (κ2) is 13.3. The summed E-state index contributed by atoms with van der Waals surface area (Å²) in [6, 6.07) is 8.58. The number of rotatable bonds is 13. The molecule has 3 N–H and O–H groups in total. The molecule has 9 heteroatoms. The molecule has 0 bridgehead atoms. The Hall–Kier alpha value is -2.43. The normalized spacial score (nSPS) is 20.2. The van der Waals surface area contributed by atoms with E-state index < -0.39 is 12.2 Å². The summed E-state index contributed by atoms with van der Waals surface area (Å²) in [6.45, 7) is 3.93. The fourth-order valence-electron chi connectivity index (χ4n) is 3.65. The zero-order valence-electron chi connectivity index (χ0n) is 18.6. The second-order valence-electron chi connectivity index (χ2n) is 7.43. The summed E-state index contributed by atoms with van der Waals surface area (Å²) in [4.78, 5) is 13.0. The third-order valence-corrected chi connectivity index (χ3v) is 5.92. The van der Waals surface area contributed by atoms with Crippen molar-refractivity contribution in [2.24, 2.45) is 5.92 Å². The molecule has 0 saturated heterocycles.